The van der Waals surface area contributed by atoms with E-state index in [1.54, 1.807) is 0 Å². The first-order valence-electron chi connectivity index (χ1n) is 29.9. The highest BCUT2D eigenvalue weighted by atomic mass is 15.0. The lowest BCUT2D eigenvalue weighted by molar-refractivity contribution is 1.15. The molecule has 0 radical (unpaired) electrons. The third-order valence-corrected chi connectivity index (χ3v) is 20.7. The van der Waals surface area contributed by atoms with Crippen LogP contribution in [0.15, 0.2) is 261 Å². The van der Waals surface area contributed by atoms with Crippen LogP contribution in [-0.2, 0) is 0 Å². The number of hydrogen-bond acceptors (Lipinski definition) is 0. The van der Waals surface area contributed by atoms with E-state index in [1.165, 1.54) is 212 Å². The number of rotatable bonds is 1. The molecule has 0 bridgehead atoms. The molecule has 0 N–H and O–H groups in total. The number of benzene rings is 18. The van der Waals surface area contributed by atoms with Gasteiger partial charge in [0, 0.05) is 54.6 Å². The third-order valence-electron chi connectivity index (χ3n) is 20.7. The first-order valence-corrected chi connectivity index (χ1v) is 29.9. The molecule has 3 heteroatoms. The Morgan fingerprint density at radius 2 is 0.659 bits per heavy atom. The van der Waals surface area contributed by atoms with Gasteiger partial charge in [-0.05, 0) is 165 Å². The molecule has 20 aromatic rings. The number of nitrogens with zero attached hydrogens (tertiary/aromatic N) is 2. The fourth-order valence-electron chi connectivity index (χ4n) is 17.5. The molecular formula is C82H43BN2. The van der Waals surface area contributed by atoms with Gasteiger partial charge in [-0.25, -0.2) is 0 Å². The fraction of sp³-hybridized carbons (Fsp3) is 0. The number of aromatic nitrogens is 2. The van der Waals surface area contributed by atoms with E-state index in [1.807, 2.05) is 0 Å². The Hall–Kier alpha value is -11.0. The van der Waals surface area contributed by atoms with Gasteiger partial charge in [-0.2, -0.15) is 0 Å². The maximum Gasteiger partial charge on any atom is 0.252 e. The Labute approximate surface area is 485 Å². The zero-order valence-electron chi connectivity index (χ0n) is 45.8. The molecule has 22 rings (SSSR count). The van der Waals surface area contributed by atoms with E-state index < -0.39 is 0 Å². The zero-order chi connectivity index (χ0) is 54.7. The Balaban J connectivity index is 0.988. The van der Waals surface area contributed by atoms with E-state index in [0.29, 0.717) is 0 Å². The summed E-state index contributed by atoms with van der Waals surface area (Å²) in [6, 6.07) is 101. The summed E-state index contributed by atoms with van der Waals surface area (Å²) in [7, 11) is 0. The molecule has 85 heavy (non-hydrogen) atoms. The van der Waals surface area contributed by atoms with Crippen molar-refractivity contribution in [3.63, 3.8) is 0 Å². The maximum atomic E-state index is 2.72. The molecule has 0 unspecified atom stereocenters. The van der Waals surface area contributed by atoms with Crippen LogP contribution >= 0.6 is 0 Å². The van der Waals surface area contributed by atoms with Crippen LogP contribution in [0, 0.1) is 0 Å². The smallest absolute Gasteiger partial charge is 0.252 e. The fourth-order valence-corrected chi connectivity index (χ4v) is 17.5. The van der Waals surface area contributed by atoms with Crippen LogP contribution in [-0.4, -0.2) is 15.8 Å². The van der Waals surface area contributed by atoms with Crippen molar-refractivity contribution in [1.29, 1.82) is 0 Å². The predicted octanol–water partition coefficient (Wildman–Crippen LogP) is 20.0. The zero-order valence-corrected chi connectivity index (χ0v) is 45.8. The summed E-state index contributed by atoms with van der Waals surface area (Å²) in [6.45, 7) is -0.119. The van der Waals surface area contributed by atoms with Crippen molar-refractivity contribution in [3.05, 3.63) is 261 Å². The van der Waals surface area contributed by atoms with Crippen LogP contribution in [0.1, 0.15) is 0 Å². The second-order valence-electron chi connectivity index (χ2n) is 24.4. The highest BCUT2D eigenvalue weighted by molar-refractivity contribution is 7.00. The van der Waals surface area contributed by atoms with Gasteiger partial charge >= 0.3 is 0 Å². The van der Waals surface area contributed by atoms with Crippen molar-refractivity contribution in [3.8, 4) is 22.5 Å². The maximum absolute atomic E-state index is 2.72. The highest BCUT2D eigenvalue weighted by Gasteiger charge is 2.42. The average molecular weight is 1070 g/mol. The van der Waals surface area contributed by atoms with Crippen molar-refractivity contribution in [2.24, 2.45) is 0 Å². The summed E-state index contributed by atoms with van der Waals surface area (Å²) in [4.78, 5) is 0. The minimum atomic E-state index is -0.119. The minimum Gasteiger partial charge on any atom is -0.310 e. The van der Waals surface area contributed by atoms with Crippen LogP contribution in [0.4, 0.5) is 0 Å². The Morgan fingerprint density at radius 1 is 0.224 bits per heavy atom. The molecule has 4 heterocycles. The first kappa shape index (κ1) is 43.7. The highest BCUT2D eigenvalue weighted by Crippen LogP contribution is 2.51. The first-order chi connectivity index (χ1) is 42.2. The summed E-state index contributed by atoms with van der Waals surface area (Å²) in [5.74, 6) is 0. The van der Waals surface area contributed by atoms with Gasteiger partial charge in [-0.15, -0.1) is 0 Å². The van der Waals surface area contributed by atoms with E-state index in [9.17, 15) is 0 Å². The Kier molecular flexibility index (Phi) is 7.79. The second kappa shape index (κ2) is 15.2. The van der Waals surface area contributed by atoms with Gasteiger partial charge < -0.3 is 9.13 Å². The van der Waals surface area contributed by atoms with Gasteiger partial charge in [0.25, 0.3) is 6.71 Å². The van der Waals surface area contributed by atoms with Crippen LogP contribution < -0.4 is 16.4 Å². The van der Waals surface area contributed by atoms with E-state index in [4.69, 9.17) is 0 Å². The van der Waals surface area contributed by atoms with E-state index in [0.717, 1.165) is 0 Å². The summed E-state index contributed by atoms with van der Waals surface area (Å²) < 4.78 is 5.43. The largest absolute Gasteiger partial charge is 0.310 e. The molecule has 0 fully saturated rings. The monoisotopic (exact) mass is 1070 g/mol. The molecule has 0 aliphatic carbocycles. The predicted molar refractivity (Wildman–Crippen MR) is 366 cm³/mol. The number of hydrogen-bond donors (Lipinski definition) is 0. The minimum absolute atomic E-state index is 0.119. The summed E-state index contributed by atoms with van der Waals surface area (Å²) in [5.41, 5.74) is 14.1. The molecular weight excluding hydrogens is 1020 g/mol. The SMILES string of the molecule is c1cc2c3c(c1)-n1c4c(cc(-c5ccc6ccc7cccc8ccc5c6c78)cc4c4ccc5c6ccccc6c6ccccc6c5c41)B3c1cc3c4ccccc4c4ccccc4c3c3c4c5c6ccccc6c6ccccc6c5ccc4n-2c13. The molecule has 0 amide bonds. The molecule has 0 atom stereocenters. The van der Waals surface area contributed by atoms with Gasteiger partial charge in [0.2, 0.25) is 0 Å². The lowest BCUT2D eigenvalue weighted by Crippen LogP contribution is -2.59. The molecule has 384 valence electrons. The quantitative estimate of drug-likeness (QED) is 0.115. The van der Waals surface area contributed by atoms with Crippen LogP contribution in [0.2, 0.25) is 0 Å². The molecule has 2 nitrogen and oxygen atoms in total. The molecule has 0 saturated carbocycles. The molecule has 0 spiro atoms. The van der Waals surface area contributed by atoms with E-state index in [2.05, 4.69) is 270 Å². The van der Waals surface area contributed by atoms with E-state index >= 15 is 0 Å². The molecule has 0 saturated heterocycles. The average Bonchev–Trinajstić information content (AvgIpc) is 1.58. The normalized spacial score (nSPS) is 13.2. The molecule has 18 aromatic carbocycles. The summed E-state index contributed by atoms with van der Waals surface area (Å²) in [5, 5.41) is 36.3. The van der Waals surface area contributed by atoms with Crippen molar-refractivity contribution < 1.29 is 0 Å². The van der Waals surface area contributed by atoms with Crippen LogP contribution in [0.25, 0.3) is 195 Å². The van der Waals surface area contributed by atoms with Gasteiger partial charge in [0.05, 0.1) is 16.6 Å². The lowest BCUT2D eigenvalue weighted by Gasteiger charge is -2.34. The van der Waals surface area contributed by atoms with Crippen molar-refractivity contribution in [2.45, 2.75) is 0 Å². The standard InChI is InChI=1S/C82H43BN2/c1-4-23-55-49(17-1)52-20-7-10-26-58(52)74-62(55)39-40-69-77(74)78-75-59-27-11-8-21-53(59)51-19-3-6-25-57(51)65(75)43-68-82(78)84(69)70-29-14-30-71-79(70)83(68)67-42-47(48-35-33-46-32-31-44-15-13-16-45-34-36-61(48)73(46)72(44)45)41-66-64-38-37-63-56-24-5-2-18-50(56)54-22-9-12-28-60(54)76(63)81(64)85(71)80(66)67/h1-43H. The Bertz CT molecular complexity index is 6510. The van der Waals surface area contributed by atoms with E-state index in [-0.39, 0.29) is 6.71 Å². The molecule has 2 aliphatic rings. The van der Waals surface area contributed by atoms with Gasteiger partial charge in [-0.3, -0.25) is 0 Å². The summed E-state index contributed by atoms with van der Waals surface area (Å²) in [6.07, 6.45) is 0. The summed E-state index contributed by atoms with van der Waals surface area (Å²) >= 11 is 0. The Morgan fingerprint density at radius 3 is 1.28 bits per heavy atom. The second-order valence-corrected chi connectivity index (χ2v) is 24.4. The van der Waals surface area contributed by atoms with Crippen molar-refractivity contribution >= 4 is 196 Å². The lowest BCUT2D eigenvalue weighted by atomic mass is 9.34. The third kappa shape index (κ3) is 5.12. The van der Waals surface area contributed by atoms with Crippen LogP contribution in [0.3, 0.4) is 0 Å². The van der Waals surface area contributed by atoms with Crippen LogP contribution in [0.5, 0.6) is 0 Å². The van der Waals surface area contributed by atoms with Gasteiger partial charge in [0.15, 0.2) is 0 Å². The van der Waals surface area contributed by atoms with Gasteiger partial charge in [-0.1, -0.05) is 237 Å². The van der Waals surface area contributed by atoms with Crippen molar-refractivity contribution in [1.82, 2.24) is 9.13 Å². The van der Waals surface area contributed by atoms with Crippen molar-refractivity contribution in [2.75, 3.05) is 0 Å². The molecule has 2 aromatic heterocycles. The number of fused-ring (bicyclic) bond motifs is 31. The topological polar surface area (TPSA) is 9.86 Å². The molecule has 2 aliphatic heterocycles. The van der Waals surface area contributed by atoms with Gasteiger partial charge in [0.1, 0.15) is 0 Å².